The number of aromatic nitrogens is 1. The number of rotatable bonds is 7. The molecule has 0 spiro atoms. The summed E-state index contributed by atoms with van der Waals surface area (Å²) in [6.45, 7) is 12.6. The Morgan fingerprint density at radius 3 is 2.89 bits per heavy atom. The number of ether oxygens (including phenoxy) is 2. The van der Waals surface area contributed by atoms with Gasteiger partial charge in [0.15, 0.2) is 5.96 Å². The SMILES string of the molecule is CN=C(NCc1ccnc(OC(C)CC(C)C)c1)NC1C2CCOC2C1(C)C. The van der Waals surface area contributed by atoms with E-state index >= 15 is 0 Å². The first-order chi connectivity index (χ1) is 13.3. The van der Waals surface area contributed by atoms with Gasteiger partial charge < -0.3 is 20.1 Å². The van der Waals surface area contributed by atoms with Crippen LogP contribution in [-0.4, -0.2) is 42.8 Å². The van der Waals surface area contributed by atoms with E-state index < -0.39 is 0 Å². The summed E-state index contributed by atoms with van der Waals surface area (Å²) in [7, 11) is 1.82. The fraction of sp³-hybridized carbons (Fsp3) is 0.727. The number of nitrogens with zero attached hydrogens (tertiary/aromatic N) is 2. The molecule has 4 unspecified atom stereocenters. The van der Waals surface area contributed by atoms with E-state index in [1.807, 2.05) is 19.2 Å². The van der Waals surface area contributed by atoms with E-state index in [2.05, 4.69) is 55.2 Å². The van der Waals surface area contributed by atoms with Gasteiger partial charge in [-0.25, -0.2) is 4.98 Å². The number of fused-ring (bicyclic) bond motifs is 1. The highest BCUT2D eigenvalue weighted by Crippen LogP contribution is 2.52. The molecule has 156 valence electrons. The summed E-state index contributed by atoms with van der Waals surface area (Å²) >= 11 is 0. The van der Waals surface area contributed by atoms with Crippen molar-refractivity contribution in [1.29, 1.82) is 0 Å². The molecule has 2 fully saturated rings. The van der Waals surface area contributed by atoms with Gasteiger partial charge in [-0.15, -0.1) is 0 Å². The highest BCUT2D eigenvalue weighted by atomic mass is 16.5. The second kappa shape index (κ2) is 8.68. The summed E-state index contributed by atoms with van der Waals surface area (Å²) in [5.74, 6) is 2.70. The molecule has 6 nitrogen and oxygen atoms in total. The van der Waals surface area contributed by atoms with Gasteiger partial charge in [-0.1, -0.05) is 27.7 Å². The molecular formula is C22H36N4O2. The van der Waals surface area contributed by atoms with Crippen LogP contribution in [0.25, 0.3) is 0 Å². The molecule has 0 aromatic carbocycles. The summed E-state index contributed by atoms with van der Waals surface area (Å²) in [5, 5.41) is 7.05. The van der Waals surface area contributed by atoms with Crippen LogP contribution in [0.15, 0.2) is 23.3 Å². The summed E-state index contributed by atoms with van der Waals surface area (Å²) in [5.41, 5.74) is 1.25. The molecule has 2 N–H and O–H groups in total. The van der Waals surface area contributed by atoms with E-state index in [4.69, 9.17) is 9.47 Å². The van der Waals surface area contributed by atoms with Crippen molar-refractivity contribution >= 4 is 5.96 Å². The molecule has 1 aromatic heterocycles. The summed E-state index contributed by atoms with van der Waals surface area (Å²) in [4.78, 5) is 8.77. The zero-order chi connectivity index (χ0) is 20.3. The first-order valence-electron chi connectivity index (χ1n) is 10.5. The molecule has 3 rings (SSSR count). The standard InChI is InChI=1S/C22H36N4O2/c1-14(2)11-15(3)28-18-12-16(7-9-24-18)13-25-21(23-6)26-19-17-8-10-27-20(17)22(19,4)5/h7,9,12,14-15,17,19-20H,8,10-11,13H2,1-6H3,(H2,23,25,26). The Morgan fingerprint density at radius 1 is 1.39 bits per heavy atom. The number of pyridine rings is 1. The van der Waals surface area contributed by atoms with Crippen LogP contribution < -0.4 is 15.4 Å². The van der Waals surface area contributed by atoms with Crippen LogP contribution in [-0.2, 0) is 11.3 Å². The lowest BCUT2D eigenvalue weighted by Crippen LogP contribution is -2.67. The lowest BCUT2D eigenvalue weighted by Gasteiger charge is -2.54. The zero-order valence-electron chi connectivity index (χ0n) is 18.2. The average molecular weight is 389 g/mol. The second-order valence-electron chi connectivity index (χ2n) is 9.17. The predicted octanol–water partition coefficient (Wildman–Crippen LogP) is 3.37. The number of hydrogen-bond donors (Lipinski definition) is 2. The molecule has 2 aliphatic rings. The summed E-state index contributed by atoms with van der Waals surface area (Å²) in [6.07, 6.45) is 4.48. The van der Waals surface area contributed by atoms with Gasteiger partial charge in [-0.2, -0.15) is 0 Å². The minimum atomic E-state index is 0.128. The number of aliphatic imine (C=N–C) groups is 1. The lowest BCUT2D eigenvalue weighted by atomic mass is 9.57. The molecule has 4 atom stereocenters. The van der Waals surface area contributed by atoms with Gasteiger partial charge in [0.2, 0.25) is 5.88 Å². The van der Waals surface area contributed by atoms with Crippen molar-refractivity contribution in [3.63, 3.8) is 0 Å². The lowest BCUT2D eigenvalue weighted by molar-refractivity contribution is -0.106. The molecule has 1 saturated heterocycles. The summed E-state index contributed by atoms with van der Waals surface area (Å²) < 4.78 is 11.9. The maximum Gasteiger partial charge on any atom is 0.213 e. The molecule has 1 aliphatic carbocycles. The molecule has 28 heavy (non-hydrogen) atoms. The Labute approximate surface area is 169 Å². The quantitative estimate of drug-likeness (QED) is 0.554. The van der Waals surface area contributed by atoms with Crippen LogP contribution >= 0.6 is 0 Å². The van der Waals surface area contributed by atoms with E-state index in [9.17, 15) is 0 Å². The third-order valence-corrected chi connectivity index (χ3v) is 6.00. The third kappa shape index (κ3) is 4.59. The van der Waals surface area contributed by atoms with Crippen molar-refractivity contribution in [2.45, 2.75) is 72.3 Å². The van der Waals surface area contributed by atoms with Gasteiger partial charge in [0.05, 0.1) is 12.2 Å². The Kier molecular flexibility index (Phi) is 6.48. The molecule has 2 heterocycles. The van der Waals surface area contributed by atoms with Gasteiger partial charge in [-0.05, 0) is 37.3 Å². The molecule has 0 radical (unpaired) electrons. The van der Waals surface area contributed by atoms with Crippen molar-refractivity contribution in [3.8, 4) is 5.88 Å². The fourth-order valence-corrected chi connectivity index (χ4v) is 4.69. The van der Waals surface area contributed by atoms with E-state index in [1.54, 1.807) is 6.20 Å². The monoisotopic (exact) mass is 388 g/mol. The van der Waals surface area contributed by atoms with Crippen molar-refractivity contribution in [2.75, 3.05) is 13.7 Å². The van der Waals surface area contributed by atoms with Crippen molar-refractivity contribution < 1.29 is 9.47 Å². The van der Waals surface area contributed by atoms with Crippen LogP contribution in [0.4, 0.5) is 0 Å². The molecule has 6 heteroatoms. The Balaban J connectivity index is 1.53. The van der Waals surface area contributed by atoms with Crippen molar-refractivity contribution in [3.05, 3.63) is 23.9 Å². The zero-order valence-corrected chi connectivity index (χ0v) is 18.2. The van der Waals surface area contributed by atoms with Gasteiger partial charge in [0, 0.05) is 49.8 Å². The molecular weight excluding hydrogens is 352 g/mol. The Morgan fingerprint density at radius 2 is 2.18 bits per heavy atom. The average Bonchev–Trinajstić information content (AvgIpc) is 3.08. The molecule has 1 saturated carbocycles. The van der Waals surface area contributed by atoms with Gasteiger partial charge >= 0.3 is 0 Å². The van der Waals surface area contributed by atoms with E-state index in [1.165, 1.54) is 0 Å². The topological polar surface area (TPSA) is 67.8 Å². The van der Waals surface area contributed by atoms with Crippen LogP contribution in [0.3, 0.4) is 0 Å². The fourth-order valence-electron chi connectivity index (χ4n) is 4.69. The second-order valence-corrected chi connectivity index (χ2v) is 9.17. The smallest absolute Gasteiger partial charge is 0.213 e. The van der Waals surface area contributed by atoms with E-state index in [0.29, 0.717) is 36.4 Å². The highest BCUT2D eigenvalue weighted by molar-refractivity contribution is 5.80. The van der Waals surface area contributed by atoms with Gasteiger partial charge in [0.1, 0.15) is 0 Å². The summed E-state index contributed by atoms with van der Waals surface area (Å²) in [6, 6.07) is 4.40. The first-order valence-corrected chi connectivity index (χ1v) is 10.5. The Bertz CT molecular complexity index is 689. The number of hydrogen-bond acceptors (Lipinski definition) is 4. The molecule has 1 aliphatic heterocycles. The van der Waals surface area contributed by atoms with Gasteiger partial charge in [0.25, 0.3) is 0 Å². The number of guanidine groups is 1. The van der Waals surface area contributed by atoms with Crippen LogP contribution in [0.1, 0.15) is 53.0 Å². The van der Waals surface area contributed by atoms with Crippen molar-refractivity contribution in [1.82, 2.24) is 15.6 Å². The minimum absolute atomic E-state index is 0.128. The minimum Gasteiger partial charge on any atom is -0.475 e. The van der Waals surface area contributed by atoms with Crippen LogP contribution in [0.5, 0.6) is 5.88 Å². The third-order valence-electron chi connectivity index (χ3n) is 6.00. The number of nitrogens with one attached hydrogen (secondary N) is 2. The highest BCUT2D eigenvalue weighted by Gasteiger charge is 2.59. The Hall–Kier alpha value is -1.82. The first kappa shape index (κ1) is 20.9. The van der Waals surface area contributed by atoms with Crippen LogP contribution in [0, 0.1) is 17.3 Å². The maximum absolute atomic E-state index is 5.97. The molecule has 0 amide bonds. The van der Waals surface area contributed by atoms with E-state index in [-0.39, 0.29) is 11.5 Å². The maximum atomic E-state index is 5.97. The largest absolute Gasteiger partial charge is 0.475 e. The molecule has 0 bridgehead atoms. The van der Waals surface area contributed by atoms with E-state index in [0.717, 1.165) is 31.0 Å². The van der Waals surface area contributed by atoms with Crippen molar-refractivity contribution in [2.24, 2.45) is 22.2 Å². The molecule has 1 aromatic rings. The van der Waals surface area contributed by atoms with Crippen LogP contribution in [0.2, 0.25) is 0 Å². The predicted molar refractivity (Wildman–Crippen MR) is 113 cm³/mol. The normalized spacial score (nSPS) is 27.1. The van der Waals surface area contributed by atoms with Gasteiger partial charge in [-0.3, -0.25) is 4.99 Å².